The Morgan fingerprint density at radius 3 is 2.52 bits per heavy atom. The van der Waals surface area contributed by atoms with Gasteiger partial charge in [-0.1, -0.05) is 35.9 Å². The van der Waals surface area contributed by atoms with Crippen molar-refractivity contribution in [3.05, 3.63) is 81.6 Å². The van der Waals surface area contributed by atoms with Gasteiger partial charge in [0, 0.05) is 11.6 Å². The van der Waals surface area contributed by atoms with Crippen LogP contribution in [0.5, 0.6) is 0 Å². The highest BCUT2D eigenvalue weighted by Crippen LogP contribution is 2.29. The second kappa shape index (κ2) is 7.98. The van der Waals surface area contributed by atoms with Crippen molar-refractivity contribution < 1.29 is 14.1 Å². The number of nitro benzene ring substituents is 1. The first-order valence-corrected chi connectivity index (χ1v) is 8.45. The molecule has 0 unspecified atom stereocenters. The molecule has 0 saturated heterocycles. The number of hydrogen-bond acceptors (Lipinski definition) is 5. The zero-order valence-corrected chi connectivity index (χ0v) is 15.2. The van der Waals surface area contributed by atoms with Crippen LogP contribution in [-0.4, -0.2) is 15.9 Å². The molecule has 1 amide bonds. The van der Waals surface area contributed by atoms with E-state index in [4.69, 9.17) is 28.2 Å². The molecule has 0 spiro atoms. The van der Waals surface area contributed by atoms with Gasteiger partial charge in [0.05, 0.1) is 9.95 Å². The molecule has 136 valence electrons. The van der Waals surface area contributed by atoms with Gasteiger partial charge in [0.2, 0.25) is 0 Å². The number of amides is 1. The van der Waals surface area contributed by atoms with Crippen LogP contribution in [0.15, 0.2) is 65.1 Å². The van der Waals surface area contributed by atoms with Crippen molar-refractivity contribution in [1.82, 2.24) is 5.32 Å². The molecule has 7 nitrogen and oxygen atoms in total. The van der Waals surface area contributed by atoms with Crippen molar-refractivity contribution in [1.29, 1.82) is 0 Å². The van der Waals surface area contributed by atoms with Gasteiger partial charge in [-0.25, -0.2) is 0 Å². The number of rotatable bonds is 4. The molecule has 3 rings (SSSR count). The number of carbonyl (C=O) groups excluding carboxylic acids is 1. The van der Waals surface area contributed by atoms with E-state index in [9.17, 15) is 14.9 Å². The minimum Gasteiger partial charge on any atom is -0.451 e. The lowest BCUT2D eigenvalue weighted by Gasteiger charge is -2.08. The summed E-state index contributed by atoms with van der Waals surface area (Å²) in [6.45, 7) is 0. The minimum atomic E-state index is -0.593. The lowest BCUT2D eigenvalue weighted by molar-refractivity contribution is -0.383. The van der Waals surface area contributed by atoms with Gasteiger partial charge < -0.3 is 9.73 Å². The first-order chi connectivity index (χ1) is 13.0. The van der Waals surface area contributed by atoms with E-state index in [1.54, 1.807) is 36.4 Å². The van der Waals surface area contributed by atoms with E-state index in [-0.39, 0.29) is 22.2 Å². The van der Waals surface area contributed by atoms with Crippen molar-refractivity contribution in [2.75, 3.05) is 5.32 Å². The molecule has 1 aromatic heterocycles. The number of halogens is 1. The number of para-hydroxylation sites is 2. The van der Waals surface area contributed by atoms with Gasteiger partial charge >= 0.3 is 0 Å². The number of furan rings is 1. The van der Waals surface area contributed by atoms with Gasteiger partial charge in [-0.3, -0.25) is 20.2 Å². The van der Waals surface area contributed by atoms with E-state index >= 15 is 0 Å². The molecular formula is C18H12ClN3O4S. The van der Waals surface area contributed by atoms with Crippen molar-refractivity contribution in [3.8, 4) is 11.3 Å². The fraction of sp³-hybridized carbons (Fsp3) is 0. The third-order valence-corrected chi connectivity index (χ3v) is 4.08. The van der Waals surface area contributed by atoms with Crippen LogP contribution in [0, 0.1) is 10.1 Å². The Bertz CT molecular complexity index is 1030. The second-order valence-electron chi connectivity index (χ2n) is 5.33. The third-order valence-electron chi connectivity index (χ3n) is 3.55. The summed E-state index contributed by atoms with van der Waals surface area (Å²) in [5.41, 5.74) is 0.663. The summed E-state index contributed by atoms with van der Waals surface area (Å²) >= 11 is 11.2. The zero-order chi connectivity index (χ0) is 19.4. The molecule has 2 N–H and O–H groups in total. The molecular weight excluding hydrogens is 390 g/mol. The molecule has 0 atom stereocenters. The van der Waals surface area contributed by atoms with E-state index in [1.807, 2.05) is 0 Å². The summed E-state index contributed by atoms with van der Waals surface area (Å²) in [4.78, 5) is 22.8. The van der Waals surface area contributed by atoms with Gasteiger partial charge in [-0.2, -0.15) is 0 Å². The van der Waals surface area contributed by atoms with E-state index in [2.05, 4.69) is 10.6 Å². The molecule has 2 aromatic carbocycles. The standard InChI is InChI=1S/C18H12ClN3O4S/c19-12-6-2-1-5-11(12)15-9-10-16(26-15)17(23)21-18(27)20-13-7-3-4-8-14(13)22(24)25/h1-10H,(H2,20,21,23,27). The van der Waals surface area contributed by atoms with Gasteiger partial charge in [-0.05, 0) is 42.5 Å². The van der Waals surface area contributed by atoms with Gasteiger partial charge in [0.25, 0.3) is 11.6 Å². The van der Waals surface area contributed by atoms with Crippen LogP contribution in [0.1, 0.15) is 10.6 Å². The van der Waals surface area contributed by atoms with Crippen LogP contribution < -0.4 is 10.6 Å². The Morgan fingerprint density at radius 2 is 1.78 bits per heavy atom. The molecule has 0 aliphatic heterocycles. The number of nitrogens with one attached hydrogen (secondary N) is 2. The summed E-state index contributed by atoms with van der Waals surface area (Å²) in [5.74, 6) is -0.135. The van der Waals surface area contributed by atoms with Crippen molar-refractivity contribution in [2.24, 2.45) is 0 Å². The summed E-state index contributed by atoms with van der Waals surface area (Å²) in [6, 6.07) is 16.1. The van der Waals surface area contributed by atoms with Crippen LogP contribution in [0.3, 0.4) is 0 Å². The topological polar surface area (TPSA) is 97.4 Å². The Labute approximate surface area is 164 Å². The number of anilines is 1. The predicted molar refractivity (Wildman–Crippen MR) is 106 cm³/mol. The number of thiocarbonyl (C=S) groups is 1. The van der Waals surface area contributed by atoms with Crippen molar-refractivity contribution >= 4 is 46.2 Å². The smallest absolute Gasteiger partial charge is 0.293 e. The fourth-order valence-electron chi connectivity index (χ4n) is 2.32. The molecule has 0 radical (unpaired) electrons. The third kappa shape index (κ3) is 4.30. The maximum Gasteiger partial charge on any atom is 0.293 e. The lowest BCUT2D eigenvalue weighted by atomic mass is 10.2. The maximum absolute atomic E-state index is 12.3. The molecule has 0 fully saturated rings. The van der Waals surface area contributed by atoms with Crippen LogP contribution in [0.25, 0.3) is 11.3 Å². The summed E-state index contributed by atoms with van der Waals surface area (Å²) < 4.78 is 5.53. The van der Waals surface area contributed by atoms with Crippen LogP contribution in [0.2, 0.25) is 5.02 Å². The molecule has 1 heterocycles. The molecule has 0 saturated carbocycles. The first-order valence-electron chi connectivity index (χ1n) is 7.66. The number of carbonyl (C=O) groups is 1. The fourth-order valence-corrected chi connectivity index (χ4v) is 2.75. The monoisotopic (exact) mass is 401 g/mol. The molecule has 27 heavy (non-hydrogen) atoms. The summed E-state index contributed by atoms with van der Waals surface area (Å²) in [7, 11) is 0. The number of hydrogen-bond donors (Lipinski definition) is 2. The van der Waals surface area contributed by atoms with Crippen molar-refractivity contribution in [3.63, 3.8) is 0 Å². The number of nitro groups is 1. The summed E-state index contributed by atoms with van der Waals surface area (Å²) in [6.07, 6.45) is 0. The molecule has 0 aliphatic carbocycles. The second-order valence-corrected chi connectivity index (χ2v) is 6.14. The average Bonchev–Trinajstić information content (AvgIpc) is 3.12. The van der Waals surface area contributed by atoms with Gasteiger partial charge in [0.1, 0.15) is 11.4 Å². The largest absolute Gasteiger partial charge is 0.451 e. The maximum atomic E-state index is 12.3. The Balaban J connectivity index is 1.70. The highest BCUT2D eigenvalue weighted by atomic mass is 35.5. The van der Waals surface area contributed by atoms with Gasteiger partial charge in [-0.15, -0.1) is 0 Å². The average molecular weight is 402 g/mol. The number of nitrogens with zero attached hydrogens (tertiary/aromatic N) is 1. The predicted octanol–water partition coefficient (Wildman–Crippen LogP) is 4.64. The summed E-state index contributed by atoms with van der Waals surface area (Å²) in [5, 5.41) is 16.5. The zero-order valence-electron chi connectivity index (χ0n) is 13.6. The first kappa shape index (κ1) is 18.6. The lowest BCUT2D eigenvalue weighted by Crippen LogP contribution is -2.34. The quantitative estimate of drug-likeness (QED) is 0.375. The van der Waals surface area contributed by atoms with E-state index < -0.39 is 10.8 Å². The molecule has 3 aromatic rings. The minimum absolute atomic E-state index is 0.0247. The Kier molecular flexibility index (Phi) is 5.49. The van der Waals surface area contributed by atoms with Crippen molar-refractivity contribution in [2.45, 2.75) is 0 Å². The van der Waals surface area contributed by atoms with E-state index in [0.717, 1.165) is 0 Å². The highest BCUT2D eigenvalue weighted by Gasteiger charge is 2.17. The molecule has 0 aliphatic rings. The molecule has 0 bridgehead atoms. The van der Waals surface area contributed by atoms with Gasteiger partial charge in [0.15, 0.2) is 10.9 Å². The number of benzene rings is 2. The van der Waals surface area contributed by atoms with Crippen LogP contribution in [-0.2, 0) is 0 Å². The Morgan fingerprint density at radius 1 is 1.07 bits per heavy atom. The van der Waals surface area contributed by atoms with E-state index in [1.165, 1.54) is 24.3 Å². The van der Waals surface area contributed by atoms with E-state index in [0.29, 0.717) is 16.3 Å². The molecule has 9 heteroatoms. The Hall–Kier alpha value is -3.23. The SMILES string of the molecule is O=C(NC(=S)Nc1ccccc1[N+](=O)[O-])c1ccc(-c2ccccc2Cl)o1. The van der Waals surface area contributed by atoms with Crippen LogP contribution in [0.4, 0.5) is 11.4 Å². The highest BCUT2D eigenvalue weighted by molar-refractivity contribution is 7.80. The normalized spacial score (nSPS) is 10.3. The van der Waals surface area contributed by atoms with Crippen LogP contribution >= 0.6 is 23.8 Å².